The van der Waals surface area contributed by atoms with Crippen molar-refractivity contribution in [1.82, 2.24) is 15.0 Å². The molecule has 29 heavy (non-hydrogen) atoms. The number of nitrogen functional groups attached to an aromatic ring is 1. The molecule has 0 fully saturated rings. The van der Waals surface area contributed by atoms with Gasteiger partial charge in [-0.25, -0.2) is 4.39 Å². The van der Waals surface area contributed by atoms with Crippen molar-refractivity contribution in [2.75, 3.05) is 34.9 Å². The molecular weight excluding hydrogens is 373 g/mol. The van der Waals surface area contributed by atoms with Crippen LogP contribution in [0.5, 0.6) is 6.01 Å². The highest BCUT2D eigenvalue weighted by Gasteiger charge is 2.30. The zero-order chi connectivity index (χ0) is 20.8. The molecule has 0 spiro atoms. The Labute approximate surface area is 168 Å². The number of ether oxygens (including phenoxy) is 1. The number of hydrogen-bond acceptors (Lipinski definition) is 8. The molecule has 0 saturated carbocycles. The van der Waals surface area contributed by atoms with Gasteiger partial charge >= 0.3 is 6.01 Å². The first kappa shape index (κ1) is 19.7. The second-order valence-corrected chi connectivity index (χ2v) is 5.91. The van der Waals surface area contributed by atoms with Gasteiger partial charge in [0.2, 0.25) is 11.9 Å². The molecule has 4 rings (SSSR count). The van der Waals surface area contributed by atoms with Gasteiger partial charge in [0.25, 0.3) is 0 Å². The fourth-order valence-corrected chi connectivity index (χ4v) is 3.02. The standard InChI is InChI=1S/C18H18FN7O.C2H2/c1-27-18-24-16(20)23-17(25-18)21-10-15-22-13-8-7-11(19)9-14(13)26(15)12-5-3-2-4-6-12;1-2/h2-9,15,22H,10H2,1H3,(H3,20,21,23,24,25);1-2H. The molecule has 0 bridgehead atoms. The second-order valence-electron chi connectivity index (χ2n) is 5.91. The lowest BCUT2D eigenvalue weighted by Gasteiger charge is -2.27. The van der Waals surface area contributed by atoms with Gasteiger partial charge in [-0.1, -0.05) is 18.2 Å². The van der Waals surface area contributed by atoms with E-state index in [0.29, 0.717) is 12.5 Å². The summed E-state index contributed by atoms with van der Waals surface area (Å²) in [7, 11) is 1.46. The van der Waals surface area contributed by atoms with E-state index in [4.69, 9.17) is 10.5 Å². The van der Waals surface area contributed by atoms with E-state index in [1.54, 1.807) is 6.07 Å². The van der Waals surface area contributed by atoms with Gasteiger partial charge in [0.05, 0.1) is 25.0 Å². The third-order valence-corrected chi connectivity index (χ3v) is 4.16. The Kier molecular flexibility index (Phi) is 5.94. The van der Waals surface area contributed by atoms with E-state index in [2.05, 4.69) is 38.4 Å². The van der Waals surface area contributed by atoms with E-state index in [0.717, 1.165) is 17.1 Å². The maximum absolute atomic E-state index is 13.8. The van der Waals surface area contributed by atoms with Crippen LogP contribution >= 0.6 is 0 Å². The van der Waals surface area contributed by atoms with Crippen LogP contribution in [0, 0.1) is 18.7 Å². The molecule has 0 saturated heterocycles. The average molecular weight is 393 g/mol. The van der Waals surface area contributed by atoms with Crippen LogP contribution < -0.4 is 26.0 Å². The molecular formula is C20H20FN7O. The van der Waals surface area contributed by atoms with Crippen molar-refractivity contribution in [1.29, 1.82) is 0 Å². The minimum Gasteiger partial charge on any atom is -0.467 e. The number of benzene rings is 2. The smallest absolute Gasteiger partial charge is 0.322 e. The molecule has 1 aliphatic rings. The molecule has 1 atom stereocenters. The molecule has 3 aromatic rings. The van der Waals surface area contributed by atoms with Crippen molar-refractivity contribution in [3.63, 3.8) is 0 Å². The Morgan fingerprint density at radius 3 is 2.66 bits per heavy atom. The van der Waals surface area contributed by atoms with Gasteiger partial charge in [0.1, 0.15) is 12.0 Å². The molecule has 8 nitrogen and oxygen atoms in total. The minimum absolute atomic E-state index is 0.0639. The first-order valence-electron chi connectivity index (χ1n) is 8.67. The molecule has 2 aromatic carbocycles. The monoisotopic (exact) mass is 393 g/mol. The zero-order valence-electron chi connectivity index (χ0n) is 15.7. The predicted molar refractivity (Wildman–Crippen MR) is 112 cm³/mol. The Morgan fingerprint density at radius 1 is 1.17 bits per heavy atom. The summed E-state index contributed by atoms with van der Waals surface area (Å²) in [5.41, 5.74) is 8.22. The van der Waals surface area contributed by atoms with Gasteiger partial charge in [-0.15, -0.1) is 12.8 Å². The molecule has 0 radical (unpaired) electrons. The molecule has 148 valence electrons. The van der Waals surface area contributed by atoms with Crippen molar-refractivity contribution in [2.24, 2.45) is 0 Å². The lowest BCUT2D eigenvalue weighted by molar-refractivity contribution is 0.379. The van der Waals surface area contributed by atoms with E-state index in [9.17, 15) is 4.39 Å². The number of nitrogens with two attached hydrogens (primary N) is 1. The SMILES string of the molecule is C#C.COc1nc(N)nc(NCC2Nc3ccc(F)cc3N2c2ccccc2)n1. The van der Waals surface area contributed by atoms with Crippen molar-refractivity contribution >= 4 is 29.0 Å². The third kappa shape index (κ3) is 4.27. The highest BCUT2D eigenvalue weighted by Crippen LogP contribution is 2.40. The Bertz CT molecular complexity index is 997. The molecule has 1 unspecified atom stereocenters. The molecule has 4 N–H and O–H groups in total. The number of methoxy groups -OCH3 is 1. The first-order valence-corrected chi connectivity index (χ1v) is 8.67. The molecule has 1 aromatic heterocycles. The number of nitrogens with zero attached hydrogens (tertiary/aromatic N) is 4. The number of anilines is 5. The van der Waals surface area contributed by atoms with Gasteiger partial charge < -0.3 is 26.0 Å². The van der Waals surface area contributed by atoms with E-state index >= 15 is 0 Å². The number of hydrogen-bond donors (Lipinski definition) is 3. The van der Waals surface area contributed by atoms with Crippen LogP contribution in [0.1, 0.15) is 0 Å². The highest BCUT2D eigenvalue weighted by atomic mass is 19.1. The average Bonchev–Trinajstić information content (AvgIpc) is 3.11. The van der Waals surface area contributed by atoms with Gasteiger partial charge in [-0.2, -0.15) is 15.0 Å². The Morgan fingerprint density at radius 2 is 1.93 bits per heavy atom. The largest absolute Gasteiger partial charge is 0.467 e. The van der Waals surface area contributed by atoms with Crippen LogP contribution in [0.25, 0.3) is 0 Å². The summed E-state index contributed by atoms with van der Waals surface area (Å²) in [5, 5.41) is 6.52. The third-order valence-electron chi connectivity index (χ3n) is 4.16. The number of fused-ring (bicyclic) bond motifs is 1. The first-order chi connectivity index (χ1) is 14.1. The summed E-state index contributed by atoms with van der Waals surface area (Å²) in [6, 6.07) is 14.6. The summed E-state index contributed by atoms with van der Waals surface area (Å²) < 4.78 is 18.8. The zero-order valence-corrected chi connectivity index (χ0v) is 15.7. The topological polar surface area (TPSA) is 101 Å². The van der Waals surface area contributed by atoms with Gasteiger partial charge in [-0.05, 0) is 30.3 Å². The van der Waals surface area contributed by atoms with Crippen LogP contribution in [-0.2, 0) is 0 Å². The van der Waals surface area contributed by atoms with Crippen LogP contribution in [0.2, 0.25) is 0 Å². The molecule has 1 aliphatic heterocycles. The quantitative estimate of drug-likeness (QED) is 0.569. The molecule has 0 amide bonds. The van der Waals surface area contributed by atoms with Crippen molar-refractivity contribution in [3.05, 3.63) is 54.3 Å². The summed E-state index contributed by atoms with van der Waals surface area (Å²) >= 11 is 0. The van der Waals surface area contributed by atoms with Gasteiger partial charge in [0.15, 0.2) is 0 Å². The Hall–Kier alpha value is -4.06. The number of rotatable bonds is 5. The van der Waals surface area contributed by atoms with Gasteiger partial charge in [0, 0.05) is 5.69 Å². The lowest BCUT2D eigenvalue weighted by Crippen LogP contribution is -2.38. The summed E-state index contributed by atoms with van der Waals surface area (Å²) in [5.74, 6) is 0.0744. The Balaban J connectivity index is 0.00000117. The maximum Gasteiger partial charge on any atom is 0.322 e. The number of halogens is 1. The summed E-state index contributed by atoms with van der Waals surface area (Å²) in [6.45, 7) is 0.428. The van der Waals surface area contributed by atoms with Crippen molar-refractivity contribution in [2.45, 2.75) is 6.17 Å². The number of para-hydroxylation sites is 1. The van der Waals surface area contributed by atoms with Gasteiger partial charge in [-0.3, -0.25) is 0 Å². The normalized spacial score (nSPS) is 14.2. The number of nitrogens with one attached hydrogen (secondary N) is 2. The second kappa shape index (κ2) is 8.75. The van der Waals surface area contributed by atoms with Crippen LogP contribution in [0.4, 0.5) is 33.3 Å². The van der Waals surface area contributed by atoms with E-state index in [1.807, 2.05) is 35.2 Å². The van der Waals surface area contributed by atoms with Crippen LogP contribution in [0.15, 0.2) is 48.5 Å². The van der Waals surface area contributed by atoms with E-state index in [1.165, 1.54) is 19.2 Å². The molecule has 0 aliphatic carbocycles. The molecule has 2 heterocycles. The van der Waals surface area contributed by atoms with Crippen molar-refractivity contribution in [3.8, 4) is 18.9 Å². The number of terminal acetylenes is 1. The van der Waals surface area contributed by atoms with Crippen LogP contribution in [-0.4, -0.2) is 34.8 Å². The van der Waals surface area contributed by atoms with E-state index < -0.39 is 0 Å². The predicted octanol–water partition coefficient (Wildman–Crippen LogP) is 2.85. The summed E-state index contributed by atoms with van der Waals surface area (Å²) in [4.78, 5) is 14.1. The van der Waals surface area contributed by atoms with E-state index in [-0.39, 0.29) is 23.9 Å². The fraction of sp³-hybridized carbons (Fsp3) is 0.150. The van der Waals surface area contributed by atoms with Crippen molar-refractivity contribution < 1.29 is 9.13 Å². The van der Waals surface area contributed by atoms with Crippen LogP contribution in [0.3, 0.4) is 0 Å². The summed E-state index contributed by atoms with van der Waals surface area (Å²) in [6.07, 6.45) is 7.81. The maximum atomic E-state index is 13.8. The molecule has 9 heteroatoms. The minimum atomic E-state index is -0.292. The lowest BCUT2D eigenvalue weighted by atomic mass is 10.2. The fourth-order valence-electron chi connectivity index (χ4n) is 3.02. The number of aromatic nitrogens is 3. The highest BCUT2D eigenvalue weighted by molar-refractivity contribution is 5.82.